The van der Waals surface area contributed by atoms with Crippen molar-refractivity contribution in [3.8, 4) is 28.0 Å². The summed E-state index contributed by atoms with van der Waals surface area (Å²) >= 11 is 0. The molecule has 24 heavy (non-hydrogen) atoms. The van der Waals surface area contributed by atoms with Gasteiger partial charge in [0.2, 0.25) is 5.91 Å². The zero-order valence-corrected chi connectivity index (χ0v) is 13.2. The van der Waals surface area contributed by atoms with Gasteiger partial charge in [-0.15, -0.1) is 0 Å². The lowest BCUT2D eigenvalue weighted by atomic mass is 10.0. The van der Waals surface area contributed by atoms with E-state index in [9.17, 15) is 9.90 Å². The van der Waals surface area contributed by atoms with Crippen molar-refractivity contribution in [2.24, 2.45) is 0 Å². The van der Waals surface area contributed by atoms with E-state index in [1.165, 1.54) is 6.92 Å². The Morgan fingerprint density at radius 3 is 2.50 bits per heavy atom. The average molecular weight is 319 g/mol. The highest BCUT2D eigenvalue weighted by Gasteiger charge is 2.08. The number of benzene rings is 2. The first-order chi connectivity index (χ1) is 11.5. The lowest BCUT2D eigenvalue weighted by molar-refractivity contribution is -0.114. The number of aromatic nitrogens is 1. The summed E-state index contributed by atoms with van der Waals surface area (Å²) in [6.45, 7) is 1.47. The number of hydrogen-bond acceptors (Lipinski definition) is 4. The third kappa shape index (κ3) is 3.35. The Balaban J connectivity index is 2.02. The predicted molar refractivity (Wildman–Crippen MR) is 95.5 cm³/mol. The predicted octanol–water partition coefficient (Wildman–Crippen LogP) is 3.66. The molecule has 0 spiro atoms. The van der Waals surface area contributed by atoms with Gasteiger partial charge < -0.3 is 16.2 Å². The number of nitrogen functional groups attached to an aromatic ring is 1. The Bertz CT molecular complexity index is 889. The first-order valence-electron chi connectivity index (χ1n) is 7.46. The van der Waals surface area contributed by atoms with Gasteiger partial charge in [0.05, 0.1) is 0 Å². The van der Waals surface area contributed by atoms with E-state index in [1.807, 2.05) is 30.3 Å². The minimum atomic E-state index is -0.118. The molecular formula is C19H17N3O2. The molecule has 0 bridgehead atoms. The lowest BCUT2D eigenvalue weighted by Crippen LogP contribution is -2.05. The van der Waals surface area contributed by atoms with E-state index >= 15 is 0 Å². The van der Waals surface area contributed by atoms with Crippen molar-refractivity contribution in [3.63, 3.8) is 0 Å². The number of phenols is 1. The summed E-state index contributed by atoms with van der Waals surface area (Å²) in [5.74, 6) is 0.499. The number of amides is 1. The summed E-state index contributed by atoms with van der Waals surface area (Å²) in [5, 5.41) is 12.2. The van der Waals surface area contributed by atoms with Crippen LogP contribution in [0.4, 0.5) is 11.5 Å². The summed E-state index contributed by atoms with van der Waals surface area (Å²) in [6.07, 6.45) is 1.70. The lowest BCUT2D eigenvalue weighted by Gasteiger charge is -2.10. The molecule has 0 unspecified atom stereocenters. The Hall–Kier alpha value is -3.34. The van der Waals surface area contributed by atoms with Crippen LogP contribution >= 0.6 is 0 Å². The van der Waals surface area contributed by atoms with E-state index in [0.717, 1.165) is 27.9 Å². The van der Waals surface area contributed by atoms with Crippen molar-refractivity contribution in [1.82, 2.24) is 4.98 Å². The molecule has 0 radical (unpaired) electrons. The van der Waals surface area contributed by atoms with Gasteiger partial charge in [0.25, 0.3) is 0 Å². The normalized spacial score (nSPS) is 10.4. The van der Waals surface area contributed by atoms with Gasteiger partial charge in [-0.2, -0.15) is 0 Å². The van der Waals surface area contributed by atoms with Gasteiger partial charge in [-0.25, -0.2) is 4.98 Å². The highest BCUT2D eigenvalue weighted by molar-refractivity contribution is 5.89. The molecule has 2 aromatic carbocycles. The molecule has 0 saturated heterocycles. The Kier molecular flexibility index (Phi) is 4.16. The number of nitrogens with zero attached hydrogens (tertiary/aromatic N) is 1. The number of aromatic hydroxyl groups is 1. The van der Waals surface area contributed by atoms with Crippen LogP contribution in [0.3, 0.4) is 0 Å². The van der Waals surface area contributed by atoms with Crippen molar-refractivity contribution < 1.29 is 9.90 Å². The molecule has 0 aliphatic rings. The fourth-order valence-electron chi connectivity index (χ4n) is 2.49. The number of nitrogens with two attached hydrogens (primary N) is 1. The van der Waals surface area contributed by atoms with Crippen molar-refractivity contribution in [3.05, 3.63) is 60.8 Å². The van der Waals surface area contributed by atoms with Gasteiger partial charge >= 0.3 is 0 Å². The fraction of sp³-hybridized carbons (Fsp3) is 0.0526. The van der Waals surface area contributed by atoms with E-state index in [2.05, 4.69) is 10.3 Å². The molecule has 3 aromatic rings. The Morgan fingerprint density at radius 2 is 1.79 bits per heavy atom. The molecule has 0 aliphatic carbocycles. The zero-order chi connectivity index (χ0) is 17.1. The van der Waals surface area contributed by atoms with Gasteiger partial charge in [0.1, 0.15) is 11.6 Å². The highest BCUT2D eigenvalue weighted by atomic mass is 16.3. The monoisotopic (exact) mass is 319 g/mol. The minimum Gasteiger partial charge on any atom is -0.508 e. The van der Waals surface area contributed by atoms with E-state index in [4.69, 9.17) is 5.73 Å². The van der Waals surface area contributed by atoms with Crippen LogP contribution in [0, 0.1) is 0 Å². The Morgan fingerprint density at radius 1 is 1.04 bits per heavy atom. The van der Waals surface area contributed by atoms with Crippen LogP contribution in [-0.2, 0) is 4.79 Å². The molecule has 0 fully saturated rings. The largest absolute Gasteiger partial charge is 0.508 e. The first-order valence-corrected chi connectivity index (χ1v) is 7.46. The molecule has 120 valence electrons. The molecule has 5 nitrogen and oxygen atoms in total. The second-order valence-electron chi connectivity index (χ2n) is 5.47. The van der Waals surface area contributed by atoms with Crippen LogP contribution < -0.4 is 11.1 Å². The van der Waals surface area contributed by atoms with E-state index < -0.39 is 0 Å². The van der Waals surface area contributed by atoms with Crippen LogP contribution in [0.5, 0.6) is 5.75 Å². The third-order valence-electron chi connectivity index (χ3n) is 3.61. The van der Waals surface area contributed by atoms with Gasteiger partial charge in [-0.1, -0.05) is 24.3 Å². The third-order valence-corrected chi connectivity index (χ3v) is 3.61. The van der Waals surface area contributed by atoms with Gasteiger partial charge in [0.15, 0.2) is 0 Å². The fourth-order valence-corrected chi connectivity index (χ4v) is 2.49. The van der Waals surface area contributed by atoms with E-state index in [-0.39, 0.29) is 11.7 Å². The number of hydrogen-bond donors (Lipinski definition) is 3. The van der Waals surface area contributed by atoms with Gasteiger partial charge in [-0.3, -0.25) is 4.79 Å². The van der Waals surface area contributed by atoms with Crippen LogP contribution in [0.15, 0.2) is 60.8 Å². The summed E-state index contributed by atoms with van der Waals surface area (Å²) in [4.78, 5) is 15.5. The number of rotatable bonds is 3. The smallest absolute Gasteiger partial charge is 0.221 e. The van der Waals surface area contributed by atoms with Crippen LogP contribution in [0.1, 0.15) is 6.92 Å². The van der Waals surface area contributed by atoms with Crippen molar-refractivity contribution in [2.45, 2.75) is 6.92 Å². The Labute approximate surface area is 139 Å². The number of phenolic OH excluding ortho intramolecular Hbond substituents is 1. The van der Waals surface area contributed by atoms with Crippen molar-refractivity contribution >= 4 is 17.4 Å². The maximum atomic E-state index is 11.2. The molecule has 3 rings (SSSR count). The molecule has 1 amide bonds. The molecule has 5 heteroatoms. The summed E-state index contributed by atoms with van der Waals surface area (Å²) in [7, 11) is 0. The first kappa shape index (κ1) is 15.6. The van der Waals surface area contributed by atoms with E-state index in [1.54, 1.807) is 30.5 Å². The maximum absolute atomic E-state index is 11.2. The second kappa shape index (κ2) is 6.42. The zero-order valence-electron chi connectivity index (χ0n) is 13.2. The minimum absolute atomic E-state index is 0.118. The standard InChI is InChI=1S/C19H17N3O2/c1-12(23)22-16-4-2-3-14(9-16)15-10-18(19(20)21-11-15)13-5-7-17(24)8-6-13/h2-11,24H,1H3,(H2,20,21)(H,22,23). The molecule has 0 saturated carbocycles. The van der Waals surface area contributed by atoms with Crippen LogP contribution in [-0.4, -0.2) is 16.0 Å². The second-order valence-corrected chi connectivity index (χ2v) is 5.47. The molecule has 1 aromatic heterocycles. The summed E-state index contributed by atoms with van der Waals surface area (Å²) in [5.41, 5.74) is 10.2. The number of carbonyl (C=O) groups excluding carboxylic acids is 1. The summed E-state index contributed by atoms with van der Waals surface area (Å²) < 4.78 is 0. The molecule has 4 N–H and O–H groups in total. The maximum Gasteiger partial charge on any atom is 0.221 e. The topological polar surface area (TPSA) is 88.2 Å². The van der Waals surface area contributed by atoms with Crippen molar-refractivity contribution in [1.29, 1.82) is 0 Å². The number of carbonyl (C=O) groups is 1. The van der Waals surface area contributed by atoms with Gasteiger partial charge in [0, 0.05) is 29.9 Å². The molecule has 0 atom stereocenters. The quantitative estimate of drug-likeness (QED) is 0.687. The molecular weight excluding hydrogens is 302 g/mol. The van der Waals surface area contributed by atoms with E-state index in [0.29, 0.717) is 5.82 Å². The number of nitrogens with one attached hydrogen (secondary N) is 1. The number of pyridine rings is 1. The van der Waals surface area contributed by atoms with Crippen LogP contribution in [0.25, 0.3) is 22.3 Å². The summed E-state index contributed by atoms with van der Waals surface area (Å²) in [6, 6.07) is 16.3. The SMILES string of the molecule is CC(=O)Nc1cccc(-c2cnc(N)c(-c3ccc(O)cc3)c2)c1. The molecule has 0 aliphatic heterocycles. The van der Waals surface area contributed by atoms with Gasteiger partial charge in [-0.05, 0) is 41.5 Å². The highest BCUT2D eigenvalue weighted by Crippen LogP contribution is 2.31. The molecule has 1 heterocycles. The average Bonchev–Trinajstić information content (AvgIpc) is 2.56. The van der Waals surface area contributed by atoms with Crippen LogP contribution in [0.2, 0.25) is 0 Å². The van der Waals surface area contributed by atoms with Crippen molar-refractivity contribution in [2.75, 3.05) is 11.1 Å². The number of anilines is 2.